The molecule has 1 amide bonds. The summed E-state index contributed by atoms with van der Waals surface area (Å²) in [4.78, 5) is 25.4. The van der Waals surface area contributed by atoms with E-state index in [9.17, 15) is 14.7 Å². The average molecular weight is 291 g/mol. The van der Waals surface area contributed by atoms with E-state index in [0.717, 1.165) is 11.1 Å². The molecule has 0 bridgehead atoms. The summed E-state index contributed by atoms with van der Waals surface area (Å²) < 4.78 is 5.20. The van der Waals surface area contributed by atoms with Crippen LogP contribution in [0.15, 0.2) is 24.3 Å². The summed E-state index contributed by atoms with van der Waals surface area (Å²) in [6.07, 6.45) is 1.53. The van der Waals surface area contributed by atoms with Crippen molar-refractivity contribution in [3.8, 4) is 0 Å². The van der Waals surface area contributed by atoms with Crippen molar-refractivity contribution in [1.29, 1.82) is 0 Å². The second-order valence-electron chi connectivity index (χ2n) is 5.42. The first-order chi connectivity index (χ1) is 10.1. The van der Waals surface area contributed by atoms with Gasteiger partial charge in [-0.3, -0.25) is 9.59 Å². The minimum absolute atomic E-state index is 0.00373. The molecule has 5 heteroatoms. The number of methoxy groups -OCH3 is 1. The number of carbonyl (C=O) groups excluding carboxylic acids is 1. The number of carboxylic acid groups (broad SMARTS) is 1. The highest BCUT2D eigenvalue weighted by atomic mass is 16.5. The maximum Gasteiger partial charge on any atom is 0.308 e. The van der Waals surface area contributed by atoms with Crippen LogP contribution in [0, 0.1) is 5.92 Å². The van der Waals surface area contributed by atoms with Crippen molar-refractivity contribution in [2.75, 3.05) is 14.2 Å². The van der Waals surface area contributed by atoms with Crippen molar-refractivity contribution in [2.45, 2.75) is 31.9 Å². The Kier molecular flexibility index (Phi) is 4.96. The first kappa shape index (κ1) is 15.5. The van der Waals surface area contributed by atoms with Crippen molar-refractivity contribution in [2.24, 2.45) is 5.92 Å². The highest BCUT2D eigenvalue weighted by molar-refractivity contribution is 5.79. The molecule has 1 heterocycles. The molecule has 21 heavy (non-hydrogen) atoms. The normalized spacial score (nSPS) is 23.0. The zero-order valence-corrected chi connectivity index (χ0v) is 12.4. The largest absolute Gasteiger partial charge is 0.481 e. The molecule has 1 N–H and O–H groups in total. The summed E-state index contributed by atoms with van der Waals surface area (Å²) in [7, 11) is 3.30. The van der Waals surface area contributed by atoms with Gasteiger partial charge in [0.05, 0.1) is 18.6 Å². The van der Waals surface area contributed by atoms with Gasteiger partial charge < -0.3 is 14.7 Å². The van der Waals surface area contributed by atoms with Crippen molar-refractivity contribution in [3.63, 3.8) is 0 Å². The quantitative estimate of drug-likeness (QED) is 0.923. The van der Waals surface area contributed by atoms with Gasteiger partial charge in [0.1, 0.15) is 0 Å². The molecule has 2 unspecified atom stereocenters. The van der Waals surface area contributed by atoms with Crippen LogP contribution in [0.25, 0.3) is 0 Å². The zero-order valence-electron chi connectivity index (χ0n) is 12.4. The SMILES string of the molecule is COCc1ccccc1C1C(C(=O)O)CCCC(=O)N1C. The van der Waals surface area contributed by atoms with E-state index < -0.39 is 17.9 Å². The monoisotopic (exact) mass is 291 g/mol. The lowest BCUT2D eigenvalue weighted by Crippen LogP contribution is -2.36. The van der Waals surface area contributed by atoms with Gasteiger partial charge in [0.25, 0.3) is 0 Å². The molecule has 2 atom stereocenters. The van der Waals surface area contributed by atoms with Crippen LogP contribution in [0.3, 0.4) is 0 Å². The molecule has 1 aromatic carbocycles. The zero-order chi connectivity index (χ0) is 15.4. The molecule has 0 aromatic heterocycles. The molecule has 0 aliphatic carbocycles. The smallest absolute Gasteiger partial charge is 0.308 e. The van der Waals surface area contributed by atoms with E-state index in [0.29, 0.717) is 25.9 Å². The van der Waals surface area contributed by atoms with E-state index in [2.05, 4.69) is 0 Å². The Balaban J connectivity index is 2.48. The van der Waals surface area contributed by atoms with E-state index in [-0.39, 0.29) is 5.91 Å². The van der Waals surface area contributed by atoms with Crippen LogP contribution in [-0.4, -0.2) is 36.0 Å². The number of ether oxygens (including phenoxy) is 1. The number of carbonyl (C=O) groups is 2. The first-order valence-electron chi connectivity index (χ1n) is 7.11. The lowest BCUT2D eigenvalue weighted by molar-refractivity contribution is -0.145. The van der Waals surface area contributed by atoms with Crippen molar-refractivity contribution in [1.82, 2.24) is 4.90 Å². The fraction of sp³-hybridized carbons (Fsp3) is 0.500. The molecule has 0 spiro atoms. The molecule has 114 valence electrons. The Labute approximate surface area is 124 Å². The number of benzene rings is 1. The molecular formula is C16H21NO4. The summed E-state index contributed by atoms with van der Waals surface area (Å²) in [6, 6.07) is 7.14. The third-order valence-corrected chi connectivity index (χ3v) is 4.09. The number of hydrogen-bond donors (Lipinski definition) is 1. The van der Waals surface area contributed by atoms with Crippen LogP contribution in [0.1, 0.15) is 36.4 Å². The molecule has 1 aliphatic rings. The Morgan fingerprint density at radius 1 is 1.43 bits per heavy atom. The number of aliphatic carboxylic acids is 1. The van der Waals surface area contributed by atoms with Crippen molar-refractivity contribution in [3.05, 3.63) is 35.4 Å². The van der Waals surface area contributed by atoms with E-state index in [1.54, 1.807) is 19.1 Å². The number of carboxylic acids is 1. The molecular weight excluding hydrogens is 270 g/mol. The van der Waals surface area contributed by atoms with Gasteiger partial charge in [-0.2, -0.15) is 0 Å². The molecule has 5 nitrogen and oxygen atoms in total. The second-order valence-corrected chi connectivity index (χ2v) is 5.42. The van der Waals surface area contributed by atoms with Crippen molar-refractivity contribution >= 4 is 11.9 Å². The molecule has 0 saturated carbocycles. The molecule has 0 radical (unpaired) electrons. The predicted octanol–water partition coefficient (Wildman–Crippen LogP) is 2.22. The highest BCUT2D eigenvalue weighted by Gasteiger charge is 2.37. The Morgan fingerprint density at radius 3 is 2.81 bits per heavy atom. The number of likely N-dealkylation sites (tertiary alicyclic amines) is 1. The number of rotatable bonds is 4. The van der Waals surface area contributed by atoms with Crippen molar-refractivity contribution < 1.29 is 19.4 Å². The standard InChI is InChI=1S/C16H21NO4/c1-17-14(18)9-5-8-13(16(19)20)15(17)12-7-4-3-6-11(12)10-21-2/h3-4,6-7,13,15H,5,8-10H2,1-2H3,(H,19,20). The van der Waals surface area contributed by atoms with E-state index in [4.69, 9.17) is 4.74 Å². The van der Waals surface area contributed by atoms with E-state index >= 15 is 0 Å². The van der Waals surface area contributed by atoms with Gasteiger partial charge in [-0.15, -0.1) is 0 Å². The molecule has 2 rings (SSSR count). The lowest BCUT2D eigenvalue weighted by atomic mass is 9.87. The predicted molar refractivity (Wildman–Crippen MR) is 77.6 cm³/mol. The Morgan fingerprint density at radius 2 is 2.14 bits per heavy atom. The summed E-state index contributed by atoms with van der Waals surface area (Å²) in [5.74, 6) is -1.44. The average Bonchev–Trinajstić information content (AvgIpc) is 2.60. The molecule has 1 fully saturated rings. The summed E-state index contributed by atoms with van der Waals surface area (Å²) in [5, 5.41) is 9.55. The fourth-order valence-electron chi connectivity index (χ4n) is 3.03. The van der Waals surface area contributed by atoms with Crippen LogP contribution in [0.4, 0.5) is 0 Å². The van der Waals surface area contributed by atoms with Crippen LogP contribution in [0.2, 0.25) is 0 Å². The van der Waals surface area contributed by atoms with Crippen LogP contribution >= 0.6 is 0 Å². The third kappa shape index (κ3) is 3.24. The van der Waals surface area contributed by atoms with E-state index in [1.807, 2.05) is 24.3 Å². The first-order valence-corrected chi connectivity index (χ1v) is 7.11. The Hall–Kier alpha value is -1.88. The third-order valence-electron chi connectivity index (χ3n) is 4.09. The number of nitrogens with zero attached hydrogens (tertiary/aromatic N) is 1. The fourth-order valence-corrected chi connectivity index (χ4v) is 3.03. The number of hydrogen-bond acceptors (Lipinski definition) is 3. The topological polar surface area (TPSA) is 66.8 Å². The minimum atomic E-state index is -0.853. The summed E-state index contributed by atoms with van der Waals surface area (Å²) in [6.45, 7) is 0.404. The van der Waals surface area contributed by atoms with Crippen LogP contribution in [-0.2, 0) is 20.9 Å². The second kappa shape index (κ2) is 6.72. The van der Waals surface area contributed by atoms with Gasteiger partial charge in [0.15, 0.2) is 0 Å². The van der Waals surface area contributed by atoms with Gasteiger partial charge in [-0.25, -0.2) is 0 Å². The minimum Gasteiger partial charge on any atom is -0.481 e. The van der Waals surface area contributed by atoms with Gasteiger partial charge in [-0.05, 0) is 24.0 Å². The van der Waals surface area contributed by atoms with Gasteiger partial charge >= 0.3 is 5.97 Å². The maximum absolute atomic E-state index is 12.1. The summed E-state index contributed by atoms with van der Waals surface area (Å²) >= 11 is 0. The van der Waals surface area contributed by atoms with Crippen LogP contribution in [0.5, 0.6) is 0 Å². The number of amides is 1. The molecule has 1 aromatic rings. The molecule has 1 saturated heterocycles. The summed E-state index contributed by atoms with van der Waals surface area (Å²) in [5.41, 5.74) is 1.79. The molecule has 1 aliphatic heterocycles. The Bertz CT molecular complexity index is 529. The van der Waals surface area contributed by atoms with E-state index in [1.165, 1.54) is 0 Å². The lowest BCUT2D eigenvalue weighted by Gasteiger charge is -2.32. The highest BCUT2D eigenvalue weighted by Crippen LogP contribution is 2.36. The van der Waals surface area contributed by atoms with Crippen LogP contribution < -0.4 is 0 Å². The van der Waals surface area contributed by atoms with Gasteiger partial charge in [0, 0.05) is 20.6 Å². The maximum atomic E-state index is 12.1. The van der Waals surface area contributed by atoms with Gasteiger partial charge in [0.2, 0.25) is 5.91 Å². The van der Waals surface area contributed by atoms with Gasteiger partial charge in [-0.1, -0.05) is 24.3 Å².